The van der Waals surface area contributed by atoms with E-state index in [9.17, 15) is 0 Å². The molecule has 0 spiro atoms. The number of rotatable bonds is 4. The van der Waals surface area contributed by atoms with Crippen molar-refractivity contribution in [3.05, 3.63) is 0 Å². The molecule has 2 aliphatic heterocycles. The quantitative estimate of drug-likeness (QED) is 0.807. The van der Waals surface area contributed by atoms with Crippen LogP contribution in [0.3, 0.4) is 0 Å². The van der Waals surface area contributed by atoms with Crippen LogP contribution in [-0.4, -0.2) is 31.9 Å². The molecule has 2 bridgehead atoms. The maximum atomic E-state index is 6.50. The SMILES string of the molecule is CC1(C)[C@H]2C[C@@H]3OB(CCC[C@]4(C)CCNC4)O[C@]3(C)[C@@H]1C2. The third-order valence-corrected chi connectivity index (χ3v) is 7.68. The van der Waals surface area contributed by atoms with Gasteiger partial charge in [-0.2, -0.15) is 0 Å². The molecule has 5 fully saturated rings. The Hall–Kier alpha value is -0.0551. The van der Waals surface area contributed by atoms with Crippen LogP contribution in [-0.2, 0) is 9.31 Å². The van der Waals surface area contributed by atoms with E-state index in [1.807, 2.05) is 0 Å². The lowest BCUT2D eigenvalue weighted by molar-refractivity contribution is -0.199. The first-order chi connectivity index (χ1) is 10.3. The Balaban J connectivity index is 1.33. The lowest BCUT2D eigenvalue weighted by Crippen LogP contribution is -2.65. The number of hydrogen-bond donors (Lipinski definition) is 1. The molecule has 4 heteroatoms. The van der Waals surface area contributed by atoms with E-state index in [0.29, 0.717) is 22.9 Å². The van der Waals surface area contributed by atoms with Crippen LogP contribution in [0.5, 0.6) is 0 Å². The highest BCUT2D eigenvalue weighted by molar-refractivity contribution is 6.45. The lowest BCUT2D eigenvalue weighted by atomic mass is 9.43. The molecule has 0 aromatic rings. The Bertz CT molecular complexity index is 448. The Kier molecular flexibility index (Phi) is 3.50. The van der Waals surface area contributed by atoms with Gasteiger partial charge in [0.1, 0.15) is 0 Å². The van der Waals surface area contributed by atoms with E-state index in [0.717, 1.165) is 12.2 Å². The van der Waals surface area contributed by atoms with Crippen molar-refractivity contribution in [2.75, 3.05) is 13.1 Å². The van der Waals surface area contributed by atoms with Crippen molar-refractivity contribution in [3.8, 4) is 0 Å². The minimum absolute atomic E-state index is 0.0261. The van der Waals surface area contributed by atoms with Gasteiger partial charge < -0.3 is 14.6 Å². The molecule has 5 aliphatic rings. The average Bonchev–Trinajstić information content (AvgIpc) is 3.01. The van der Waals surface area contributed by atoms with E-state index >= 15 is 0 Å². The highest BCUT2D eigenvalue weighted by atomic mass is 16.7. The summed E-state index contributed by atoms with van der Waals surface area (Å²) in [6.07, 6.45) is 7.80. The van der Waals surface area contributed by atoms with Crippen LogP contribution in [0.2, 0.25) is 6.32 Å². The normalized spacial score (nSPS) is 49.1. The molecule has 2 heterocycles. The molecule has 22 heavy (non-hydrogen) atoms. The van der Waals surface area contributed by atoms with Crippen molar-refractivity contribution in [2.24, 2.45) is 22.7 Å². The molecule has 0 aromatic carbocycles. The molecule has 3 aliphatic carbocycles. The van der Waals surface area contributed by atoms with E-state index in [-0.39, 0.29) is 12.7 Å². The highest BCUT2D eigenvalue weighted by Crippen LogP contribution is 2.65. The molecule has 2 saturated heterocycles. The second-order valence-electron chi connectivity index (χ2n) is 9.53. The van der Waals surface area contributed by atoms with Crippen LogP contribution in [0.15, 0.2) is 0 Å². The molecule has 0 amide bonds. The van der Waals surface area contributed by atoms with Crippen LogP contribution >= 0.6 is 0 Å². The van der Waals surface area contributed by atoms with Gasteiger partial charge in [-0.05, 0) is 68.1 Å². The third-order valence-electron chi connectivity index (χ3n) is 7.68. The van der Waals surface area contributed by atoms with Crippen LogP contribution in [0.25, 0.3) is 0 Å². The van der Waals surface area contributed by atoms with E-state index in [1.54, 1.807) is 0 Å². The molecule has 3 nitrogen and oxygen atoms in total. The van der Waals surface area contributed by atoms with E-state index in [2.05, 4.69) is 33.0 Å². The molecule has 0 unspecified atom stereocenters. The van der Waals surface area contributed by atoms with Gasteiger partial charge in [-0.1, -0.05) is 27.2 Å². The van der Waals surface area contributed by atoms with Crippen molar-refractivity contribution < 1.29 is 9.31 Å². The smallest absolute Gasteiger partial charge is 0.405 e. The predicted molar refractivity (Wildman–Crippen MR) is 89.7 cm³/mol. The summed E-state index contributed by atoms with van der Waals surface area (Å²) in [4.78, 5) is 0. The maximum Gasteiger partial charge on any atom is 0.457 e. The highest BCUT2D eigenvalue weighted by Gasteiger charge is 2.67. The summed E-state index contributed by atoms with van der Waals surface area (Å²) in [6, 6.07) is 0. The molecule has 124 valence electrons. The zero-order chi connectivity index (χ0) is 15.6. The van der Waals surface area contributed by atoms with Crippen molar-refractivity contribution in [1.29, 1.82) is 0 Å². The van der Waals surface area contributed by atoms with Gasteiger partial charge in [-0.3, -0.25) is 0 Å². The summed E-state index contributed by atoms with van der Waals surface area (Å²) in [5.41, 5.74) is 0.924. The van der Waals surface area contributed by atoms with Crippen molar-refractivity contribution >= 4 is 7.12 Å². The molecule has 3 saturated carbocycles. The maximum absolute atomic E-state index is 6.50. The minimum Gasteiger partial charge on any atom is -0.405 e. The zero-order valence-corrected chi connectivity index (χ0v) is 14.8. The summed E-state index contributed by atoms with van der Waals surface area (Å²) in [5.74, 6) is 1.53. The fourth-order valence-electron chi connectivity index (χ4n) is 5.85. The lowest BCUT2D eigenvalue weighted by Gasteiger charge is -2.64. The topological polar surface area (TPSA) is 30.5 Å². The zero-order valence-electron chi connectivity index (χ0n) is 14.8. The Morgan fingerprint density at radius 2 is 2.00 bits per heavy atom. The number of hydrogen-bond acceptors (Lipinski definition) is 3. The summed E-state index contributed by atoms with van der Waals surface area (Å²) in [5, 5.41) is 3.50. The van der Waals surface area contributed by atoms with E-state index in [4.69, 9.17) is 9.31 Å². The monoisotopic (exact) mass is 305 g/mol. The molecule has 5 rings (SSSR count). The van der Waals surface area contributed by atoms with Crippen LogP contribution in [0.1, 0.15) is 59.8 Å². The van der Waals surface area contributed by atoms with Gasteiger partial charge in [0.25, 0.3) is 0 Å². The van der Waals surface area contributed by atoms with Gasteiger partial charge >= 0.3 is 7.12 Å². The van der Waals surface area contributed by atoms with Gasteiger partial charge in [0.2, 0.25) is 0 Å². The molecular weight excluding hydrogens is 273 g/mol. The van der Waals surface area contributed by atoms with E-state index in [1.165, 1.54) is 45.2 Å². The molecule has 5 atom stereocenters. The number of nitrogens with one attached hydrogen (secondary N) is 1. The molecule has 0 radical (unpaired) electrons. The molecular formula is C18H32BNO2. The largest absolute Gasteiger partial charge is 0.457 e. The Morgan fingerprint density at radius 3 is 2.68 bits per heavy atom. The first-order valence-electron chi connectivity index (χ1n) is 9.37. The fourth-order valence-corrected chi connectivity index (χ4v) is 5.85. The second-order valence-corrected chi connectivity index (χ2v) is 9.53. The molecule has 1 N–H and O–H groups in total. The first-order valence-corrected chi connectivity index (χ1v) is 9.37. The van der Waals surface area contributed by atoms with Crippen molar-refractivity contribution in [1.82, 2.24) is 5.32 Å². The summed E-state index contributed by atoms with van der Waals surface area (Å²) in [7, 11) is 0.0445. The predicted octanol–water partition coefficient (Wildman–Crippen LogP) is 3.49. The van der Waals surface area contributed by atoms with E-state index < -0.39 is 0 Å². The second kappa shape index (κ2) is 4.97. The average molecular weight is 305 g/mol. The van der Waals surface area contributed by atoms with Crippen LogP contribution < -0.4 is 5.32 Å². The summed E-state index contributed by atoms with van der Waals surface area (Å²) < 4.78 is 12.8. The first kappa shape index (κ1) is 15.5. The Labute approximate surface area is 136 Å². The summed E-state index contributed by atoms with van der Waals surface area (Å²) >= 11 is 0. The standard InChI is InChI=1S/C18H32BNO2/c1-16(2)13-10-14(16)18(4)15(11-13)21-19(22-18)8-5-6-17(3)7-9-20-12-17/h13-15,20H,5-12H2,1-4H3/t13-,14-,15+,17-,18-/m1/s1. The fraction of sp³-hybridized carbons (Fsp3) is 1.00. The van der Waals surface area contributed by atoms with Gasteiger partial charge in [-0.25, -0.2) is 0 Å². The van der Waals surface area contributed by atoms with Crippen LogP contribution in [0.4, 0.5) is 0 Å². The third kappa shape index (κ3) is 2.21. The van der Waals surface area contributed by atoms with Gasteiger partial charge in [0.05, 0.1) is 11.7 Å². The van der Waals surface area contributed by atoms with Crippen molar-refractivity contribution in [2.45, 2.75) is 77.8 Å². The van der Waals surface area contributed by atoms with Crippen molar-refractivity contribution in [3.63, 3.8) is 0 Å². The summed E-state index contributed by atoms with van der Waals surface area (Å²) in [6.45, 7) is 12.0. The van der Waals surface area contributed by atoms with Gasteiger partial charge in [0, 0.05) is 6.54 Å². The van der Waals surface area contributed by atoms with Gasteiger partial charge in [0.15, 0.2) is 0 Å². The minimum atomic E-state index is -0.0261. The molecule has 0 aromatic heterocycles. The van der Waals surface area contributed by atoms with Gasteiger partial charge in [-0.15, -0.1) is 0 Å². The van der Waals surface area contributed by atoms with Crippen LogP contribution in [0, 0.1) is 22.7 Å². The Morgan fingerprint density at radius 1 is 1.18 bits per heavy atom.